The van der Waals surface area contributed by atoms with Gasteiger partial charge >= 0.3 is 5.97 Å². The number of carbonyl (C=O) groups excluding carboxylic acids is 1. The fourth-order valence-electron chi connectivity index (χ4n) is 1.35. The maximum Gasteiger partial charge on any atom is 0.326 e. The molecule has 0 radical (unpaired) electrons. The van der Waals surface area contributed by atoms with Gasteiger partial charge in [-0.25, -0.2) is 13.6 Å². The van der Waals surface area contributed by atoms with Crippen molar-refractivity contribution in [3.05, 3.63) is 46.5 Å². The van der Waals surface area contributed by atoms with Crippen LogP contribution in [0, 0.1) is 11.6 Å². The van der Waals surface area contributed by atoms with Crippen molar-refractivity contribution in [1.29, 1.82) is 0 Å². The maximum atomic E-state index is 12.9. The van der Waals surface area contributed by atoms with Crippen LogP contribution in [0.5, 0.6) is 0 Å². The van der Waals surface area contributed by atoms with Crippen molar-refractivity contribution in [2.24, 2.45) is 0 Å². The number of aliphatic carboxylic acids is 1. The summed E-state index contributed by atoms with van der Waals surface area (Å²) in [4.78, 5) is 22.6. The number of hydrogen-bond acceptors (Lipinski definition) is 2. The van der Waals surface area contributed by atoms with Crippen LogP contribution in [0.1, 0.15) is 16.8 Å². The summed E-state index contributed by atoms with van der Waals surface area (Å²) >= 11 is 2.98. The van der Waals surface area contributed by atoms with Gasteiger partial charge in [-0.3, -0.25) is 4.79 Å². The van der Waals surface area contributed by atoms with Crippen LogP contribution in [0.15, 0.2) is 29.3 Å². The van der Waals surface area contributed by atoms with Gasteiger partial charge in [0.15, 0.2) is 0 Å². The highest BCUT2D eigenvalue weighted by Gasteiger charge is 2.21. The van der Waals surface area contributed by atoms with Gasteiger partial charge in [0.25, 0.3) is 5.91 Å². The molecule has 0 spiro atoms. The van der Waals surface area contributed by atoms with Gasteiger partial charge in [0.1, 0.15) is 17.7 Å². The Morgan fingerprint density at radius 2 is 1.84 bits per heavy atom. The number of rotatable bonds is 5. The predicted molar refractivity (Wildman–Crippen MR) is 67.9 cm³/mol. The minimum Gasteiger partial charge on any atom is -0.480 e. The molecule has 0 aliphatic rings. The molecule has 1 aromatic carbocycles. The third-order valence-electron chi connectivity index (χ3n) is 2.15. The van der Waals surface area contributed by atoms with E-state index in [4.69, 9.17) is 5.11 Å². The molecule has 1 amide bonds. The number of hydrogen-bond donors (Lipinski definition) is 2. The molecule has 0 fully saturated rings. The molecule has 0 bridgehead atoms. The molecule has 0 unspecified atom stereocenters. The zero-order chi connectivity index (χ0) is 14.6. The van der Waals surface area contributed by atoms with Crippen molar-refractivity contribution < 1.29 is 23.5 Å². The SMILES string of the molecule is C=C(Br)C[C@@H](NC(=O)c1cc(F)cc(F)c1)C(=O)O. The fourth-order valence-corrected chi connectivity index (χ4v) is 1.67. The highest BCUT2D eigenvalue weighted by molar-refractivity contribution is 9.11. The zero-order valence-corrected chi connectivity index (χ0v) is 11.2. The summed E-state index contributed by atoms with van der Waals surface area (Å²) in [5.74, 6) is -3.98. The molecule has 102 valence electrons. The average molecular weight is 334 g/mol. The Labute approximate surface area is 116 Å². The van der Waals surface area contributed by atoms with Crippen molar-refractivity contribution in [2.75, 3.05) is 0 Å². The third-order valence-corrected chi connectivity index (χ3v) is 2.48. The monoisotopic (exact) mass is 333 g/mol. The number of benzene rings is 1. The second-order valence-electron chi connectivity index (χ2n) is 3.74. The molecular weight excluding hydrogens is 324 g/mol. The summed E-state index contributed by atoms with van der Waals surface area (Å²) in [5.41, 5.74) is -0.288. The van der Waals surface area contributed by atoms with Gasteiger partial charge in [-0.2, -0.15) is 0 Å². The van der Waals surface area contributed by atoms with Gasteiger partial charge in [0.05, 0.1) is 0 Å². The lowest BCUT2D eigenvalue weighted by Crippen LogP contribution is -2.40. The Morgan fingerprint density at radius 3 is 2.26 bits per heavy atom. The van der Waals surface area contributed by atoms with E-state index in [0.717, 1.165) is 12.1 Å². The van der Waals surface area contributed by atoms with E-state index < -0.39 is 29.6 Å². The highest BCUT2D eigenvalue weighted by Crippen LogP contribution is 2.12. The Bertz CT molecular complexity index is 513. The molecule has 0 heterocycles. The lowest BCUT2D eigenvalue weighted by atomic mass is 10.1. The zero-order valence-electron chi connectivity index (χ0n) is 9.62. The standard InChI is InChI=1S/C12H10BrF2NO3/c1-6(13)2-10(12(18)19)16-11(17)7-3-8(14)5-9(15)4-7/h3-5,10H,1-2H2,(H,16,17)(H,18,19)/t10-/m1/s1. The van der Waals surface area contributed by atoms with Gasteiger partial charge < -0.3 is 10.4 Å². The average Bonchev–Trinajstić information content (AvgIpc) is 2.25. The van der Waals surface area contributed by atoms with Gasteiger partial charge in [-0.1, -0.05) is 22.5 Å². The topological polar surface area (TPSA) is 66.4 Å². The van der Waals surface area contributed by atoms with Crippen LogP contribution in [0.2, 0.25) is 0 Å². The summed E-state index contributed by atoms with van der Waals surface area (Å²) < 4.78 is 26.3. The van der Waals surface area contributed by atoms with E-state index in [2.05, 4.69) is 27.8 Å². The molecule has 0 aliphatic heterocycles. The molecule has 1 atom stereocenters. The molecule has 7 heteroatoms. The number of carbonyl (C=O) groups is 2. The summed E-state index contributed by atoms with van der Waals surface area (Å²) in [6.45, 7) is 3.47. The fraction of sp³-hybridized carbons (Fsp3) is 0.167. The first kappa shape index (κ1) is 15.3. The summed E-state index contributed by atoms with van der Waals surface area (Å²) in [7, 11) is 0. The van der Waals surface area contributed by atoms with E-state index in [1.54, 1.807) is 0 Å². The molecule has 0 aliphatic carbocycles. The van der Waals surface area contributed by atoms with Crippen molar-refractivity contribution in [1.82, 2.24) is 5.32 Å². The molecule has 0 saturated carbocycles. The molecule has 4 nitrogen and oxygen atoms in total. The van der Waals surface area contributed by atoms with Crippen molar-refractivity contribution in [3.63, 3.8) is 0 Å². The Morgan fingerprint density at radius 1 is 1.32 bits per heavy atom. The summed E-state index contributed by atoms with van der Waals surface area (Å²) in [6.07, 6.45) is -0.0428. The van der Waals surface area contributed by atoms with Gasteiger partial charge in [0, 0.05) is 18.1 Å². The Balaban J connectivity index is 2.87. The minimum atomic E-state index is -1.27. The Kier molecular flexibility index (Phi) is 5.17. The van der Waals surface area contributed by atoms with Gasteiger partial charge in [-0.05, 0) is 16.6 Å². The van der Waals surface area contributed by atoms with Crippen LogP contribution >= 0.6 is 15.9 Å². The van der Waals surface area contributed by atoms with Crippen molar-refractivity contribution >= 4 is 27.8 Å². The van der Waals surface area contributed by atoms with Crippen molar-refractivity contribution in [2.45, 2.75) is 12.5 Å². The van der Waals surface area contributed by atoms with E-state index in [1.165, 1.54) is 0 Å². The first-order valence-electron chi connectivity index (χ1n) is 5.12. The number of carboxylic acid groups (broad SMARTS) is 1. The van der Waals surface area contributed by atoms with E-state index in [0.29, 0.717) is 10.5 Å². The number of amides is 1. The highest BCUT2D eigenvalue weighted by atomic mass is 79.9. The van der Waals surface area contributed by atoms with Crippen LogP contribution in [0.4, 0.5) is 8.78 Å². The number of nitrogens with one attached hydrogen (secondary N) is 1. The molecule has 19 heavy (non-hydrogen) atoms. The number of halogens is 3. The molecule has 1 aromatic rings. The smallest absolute Gasteiger partial charge is 0.326 e. The minimum absolute atomic E-state index is 0.0428. The van der Waals surface area contributed by atoms with E-state index >= 15 is 0 Å². The van der Waals surface area contributed by atoms with Crippen LogP contribution in [0.25, 0.3) is 0 Å². The maximum absolute atomic E-state index is 12.9. The summed E-state index contributed by atoms with van der Waals surface area (Å²) in [5, 5.41) is 11.1. The summed E-state index contributed by atoms with van der Waals surface area (Å²) in [6, 6.07) is 1.03. The molecule has 0 saturated heterocycles. The second-order valence-corrected chi connectivity index (χ2v) is 4.87. The Hall–Kier alpha value is -1.76. The molecule has 1 rings (SSSR count). The van der Waals surface area contributed by atoms with Crippen LogP contribution in [0.3, 0.4) is 0 Å². The predicted octanol–water partition coefficient (Wildman–Crippen LogP) is 2.45. The lowest BCUT2D eigenvalue weighted by molar-refractivity contribution is -0.139. The third kappa shape index (κ3) is 4.78. The van der Waals surface area contributed by atoms with Gasteiger partial charge in [-0.15, -0.1) is 0 Å². The largest absolute Gasteiger partial charge is 0.480 e. The van der Waals surface area contributed by atoms with Crippen LogP contribution in [-0.2, 0) is 4.79 Å². The molecule has 0 aromatic heterocycles. The lowest BCUT2D eigenvalue weighted by Gasteiger charge is -2.14. The van der Waals surface area contributed by atoms with E-state index in [-0.39, 0.29) is 12.0 Å². The molecular formula is C12H10BrF2NO3. The molecule has 2 N–H and O–H groups in total. The van der Waals surface area contributed by atoms with Crippen LogP contribution < -0.4 is 5.32 Å². The second kappa shape index (κ2) is 6.42. The quantitative estimate of drug-likeness (QED) is 0.869. The van der Waals surface area contributed by atoms with Crippen molar-refractivity contribution in [3.8, 4) is 0 Å². The first-order valence-corrected chi connectivity index (χ1v) is 5.92. The van der Waals surface area contributed by atoms with Gasteiger partial charge in [0.2, 0.25) is 0 Å². The normalized spacial score (nSPS) is 11.7. The van der Waals surface area contributed by atoms with E-state index in [1.807, 2.05) is 0 Å². The first-order chi connectivity index (χ1) is 8.79. The number of carboxylic acids is 1. The van der Waals surface area contributed by atoms with Crippen LogP contribution in [-0.4, -0.2) is 23.0 Å². The van der Waals surface area contributed by atoms with E-state index in [9.17, 15) is 18.4 Å².